The molecule has 1 fully saturated rings. The van der Waals surface area contributed by atoms with Gasteiger partial charge in [-0.25, -0.2) is 8.42 Å². The van der Waals surface area contributed by atoms with Crippen molar-refractivity contribution in [1.29, 1.82) is 0 Å². The molecular weight excluding hydrogens is 428 g/mol. The van der Waals surface area contributed by atoms with Crippen LogP contribution in [0.2, 0.25) is 0 Å². The molecular formula is C20H23BrN2O3S. The van der Waals surface area contributed by atoms with E-state index in [1.165, 1.54) is 4.31 Å². The SMILES string of the molecule is Cc1ccccc1CNC(=O)[C@@H]1CCCCN1S(=O)(=O)c1ccc(Br)cc1. The van der Waals surface area contributed by atoms with Crippen molar-refractivity contribution < 1.29 is 13.2 Å². The summed E-state index contributed by atoms with van der Waals surface area (Å²) >= 11 is 3.32. The molecule has 3 rings (SSSR count). The lowest BCUT2D eigenvalue weighted by atomic mass is 10.0. The fraction of sp³-hybridized carbons (Fsp3) is 0.350. The maximum absolute atomic E-state index is 13.1. The van der Waals surface area contributed by atoms with Gasteiger partial charge in [0.25, 0.3) is 0 Å². The number of sulfonamides is 1. The maximum Gasteiger partial charge on any atom is 0.243 e. The number of rotatable bonds is 5. The summed E-state index contributed by atoms with van der Waals surface area (Å²) in [7, 11) is -3.71. The molecule has 27 heavy (non-hydrogen) atoms. The molecule has 7 heteroatoms. The summed E-state index contributed by atoms with van der Waals surface area (Å²) in [5.41, 5.74) is 2.13. The van der Waals surface area contributed by atoms with Crippen molar-refractivity contribution in [2.45, 2.75) is 43.7 Å². The number of halogens is 1. The summed E-state index contributed by atoms with van der Waals surface area (Å²) in [6, 6.07) is 13.7. The standard InChI is InChI=1S/C20H23BrN2O3S/c1-15-6-2-3-7-16(15)14-22-20(24)19-8-4-5-13-23(19)27(25,26)18-11-9-17(21)10-12-18/h2-3,6-7,9-12,19H,4-5,8,13-14H2,1H3,(H,22,24)/t19-/m0/s1. The largest absolute Gasteiger partial charge is 0.351 e. The van der Waals surface area contributed by atoms with Crippen LogP contribution >= 0.6 is 15.9 Å². The van der Waals surface area contributed by atoms with Gasteiger partial charge >= 0.3 is 0 Å². The Bertz CT molecular complexity index is 913. The molecule has 1 amide bonds. The molecule has 1 aliphatic rings. The molecule has 5 nitrogen and oxygen atoms in total. The van der Waals surface area contributed by atoms with Crippen LogP contribution in [0.5, 0.6) is 0 Å². The number of aryl methyl sites for hydroxylation is 1. The number of hydrogen-bond donors (Lipinski definition) is 1. The Labute approximate surface area is 169 Å². The van der Waals surface area contributed by atoms with Crippen LogP contribution in [0, 0.1) is 6.92 Å². The zero-order chi connectivity index (χ0) is 19.4. The maximum atomic E-state index is 13.1. The number of piperidine rings is 1. The Hall–Kier alpha value is -1.70. The average Bonchev–Trinajstić information content (AvgIpc) is 2.67. The van der Waals surface area contributed by atoms with E-state index in [-0.39, 0.29) is 10.8 Å². The lowest BCUT2D eigenvalue weighted by Crippen LogP contribution is -2.51. The predicted molar refractivity (Wildman–Crippen MR) is 109 cm³/mol. The van der Waals surface area contributed by atoms with Gasteiger partial charge in [0, 0.05) is 17.6 Å². The van der Waals surface area contributed by atoms with Crippen molar-refractivity contribution in [3.63, 3.8) is 0 Å². The number of hydrogen-bond acceptors (Lipinski definition) is 3. The fourth-order valence-electron chi connectivity index (χ4n) is 3.31. The van der Waals surface area contributed by atoms with Crippen molar-refractivity contribution >= 4 is 31.9 Å². The number of carbonyl (C=O) groups is 1. The molecule has 2 aromatic rings. The van der Waals surface area contributed by atoms with E-state index in [1.54, 1.807) is 24.3 Å². The third kappa shape index (κ3) is 4.59. The summed E-state index contributed by atoms with van der Waals surface area (Å²) in [5.74, 6) is -0.237. The summed E-state index contributed by atoms with van der Waals surface area (Å²) < 4.78 is 28.3. The second kappa shape index (κ2) is 8.54. The number of nitrogens with zero attached hydrogens (tertiary/aromatic N) is 1. The molecule has 0 radical (unpaired) electrons. The minimum Gasteiger partial charge on any atom is -0.351 e. The van der Waals surface area contributed by atoms with Gasteiger partial charge in [-0.15, -0.1) is 0 Å². The van der Waals surface area contributed by atoms with Gasteiger partial charge < -0.3 is 5.32 Å². The smallest absolute Gasteiger partial charge is 0.243 e. The van der Waals surface area contributed by atoms with Gasteiger partial charge in [0.15, 0.2) is 0 Å². The highest BCUT2D eigenvalue weighted by atomic mass is 79.9. The van der Waals surface area contributed by atoms with E-state index in [0.29, 0.717) is 19.5 Å². The van der Waals surface area contributed by atoms with Crippen molar-refractivity contribution in [2.75, 3.05) is 6.54 Å². The molecule has 0 saturated carbocycles. The first-order chi connectivity index (χ1) is 12.9. The highest BCUT2D eigenvalue weighted by Crippen LogP contribution is 2.26. The summed E-state index contributed by atoms with van der Waals surface area (Å²) in [4.78, 5) is 13.0. The van der Waals surface area contributed by atoms with E-state index in [1.807, 2.05) is 31.2 Å². The molecule has 0 spiro atoms. The second-order valence-corrected chi connectivity index (χ2v) is 9.53. The third-order valence-electron chi connectivity index (χ3n) is 4.89. The Morgan fingerprint density at radius 1 is 1.15 bits per heavy atom. The zero-order valence-corrected chi connectivity index (χ0v) is 17.6. The molecule has 0 aliphatic carbocycles. The normalized spacial score (nSPS) is 18.2. The molecule has 0 unspecified atom stereocenters. The molecule has 1 saturated heterocycles. The summed E-state index contributed by atoms with van der Waals surface area (Å²) in [6.07, 6.45) is 2.14. The van der Waals surface area contributed by atoms with Crippen LogP contribution < -0.4 is 5.32 Å². The Kier molecular flexibility index (Phi) is 6.34. The van der Waals surface area contributed by atoms with E-state index in [0.717, 1.165) is 28.4 Å². The third-order valence-corrected chi connectivity index (χ3v) is 7.34. The van der Waals surface area contributed by atoms with Gasteiger partial charge in [-0.1, -0.05) is 46.6 Å². The monoisotopic (exact) mass is 450 g/mol. The number of carbonyl (C=O) groups excluding carboxylic acids is 1. The molecule has 144 valence electrons. The lowest BCUT2D eigenvalue weighted by molar-refractivity contribution is -0.125. The van der Waals surface area contributed by atoms with Crippen LogP contribution in [0.4, 0.5) is 0 Å². The highest BCUT2D eigenvalue weighted by Gasteiger charge is 2.37. The van der Waals surface area contributed by atoms with Crippen LogP contribution in [-0.2, 0) is 21.4 Å². The van der Waals surface area contributed by atoms with Crippen molar-refractivity contribution in [1.82, 2.24) is 9.62 Å². The van der Waals surface area contributed by atoms with E-state index < -0.39 is 16.1 Å². The van der Waals surface area contributed by atoms with Crippen molar-refractivity contribution in [2.24, 2.45) is 0 Å². The number of benzene rings is 2. The van der Waals surface area contributed by atoms with Gasteiger partial charge in [-0.3, -0.25) is 4.79 Å². The van der Waals surface area contributed by atoms with Gasteiger partial charge in [0.2, 0.25) is 15.9 Å². The van der Waals surface area contributed by atoms with Crippen molar-refractivity contribution in [3.8, 4) is 0 Å². The van der Waals surface area contributed by atoms with Gasteiger partial charge in [0.1, 0.15) is 6.04 Å². The fourth-order valence-corrected chi connectivity index (χ4v) is 5.23. The minimum absolute atomic E-state index is 0.212. The Morgan fingerprint density at radius 3 is 2.56 bits per heavy atom. The number of amides is 1. The summed E-state index contributed by atoms with van der Waals surface area (Å²) in [5, 5.41) is 2.92. The average molecular weight is 451 g/mol. The van der Waals surface area contributed by atoms with Gasteiger partial charge in [-0.05, 0) is 55.2 Å². The van der Waals surface area contributed by atoms with Crippen LogP contribution in [0.25, 0.3) is 0 Å². The molecule has 2 aromatic carbocycles. The zero-order valence-electron chi connectivity index (χ0n) is 15.2. The van der Waals surface area contributed by atoms with Crippen LogP contribution in [0.15, 0.2) is 57.9 Å². The van der Waals surface area contributed by atoms with Crippen LogP contribution in [0.1, 0.15) is 30.4 Å². The first-order valence-corrected chi connectivity index (χ1v) is 11.2. The first-order valence-electron chi connectivity index (χ1n) is 8.99. The molecule has 0 aromatic heterocycles. The lowest BCUT2D eigenvalue weighted by Gasteiger charge is -2.33. The molecule has 1 atom stereocenters. The molecule has 1 heterocycles. The van der Waals surface area contributed by atoms with Crippen LogP contribution in [-0.4, -0.2) is 31.2 Å². The quantitative estimate of drug-likeness (QED) is 0.756. The summed E-state index contributed by atoms with van der Waals surface area (Å²) in [6.45, 7) is 2.75. The minimum atomic E-state index is -3.71. The van der Waals surface area contributed by atoms with E-state index >= 15 is 0 Å². The topological polar surface area (TPSA) is 66.5 Å². The van der Waals surface area contributed by atoms with E-state index in [4.69, 9.17) is 0 Å². The molecule has 1 N–H and O–H groups in total. The predicted octanol–water partition coefficient (Wildman–Crippen LogP) is 3.62. The van der Waals surface area contributed by atoms with Gasteiger partial charge in [-0.2, -0.15) is 4.31 Å². The number of nitrogens with one attached hydrogen (secondary N) is 1. The van der Waals surface area contributed by atoms with Crippen molar-refractivity contribution in [3.05, 3.63) is 64.1 Å². The van der Waals surface area contributed by atoms with E-state index in [2.05, 4.69) is 21.2 Å². The first kappa shape index (κ1) is 20.0. The second-order valence-electron chi connectivity index (χ2n) is 6.73. The Balaban J connectivity index is 1.77. The molecule has 1 aliphatic heterocycles. The molecule has 0 bridgehead atoms. The van der Waals surface area contributed by atoms with E-state index in [9.17, 15) is 13.2 Å². The van der Waals surface area contributed by atoms with Crippen LogP contribution in [0.3, 0.4) is 0 Å². The Morgan fingerprint density at radius 2 is 1.85 bits per heavy atom. The van der Waals surface area contributed by atoms with Gasteiger partial charge in [0.05, 0.1) is 4.90 Å². The highest BCUT2D eigenvalue weighted by molar-refractivity contribution is 9.10.